The van der Waals surface area contributed by atoms with Crippen LogP contribution in [0.2, 0.25) is 0 Å². The van der Waals surface area contributed by atoms with Gasteiger partial charge in [-0.15, -0.1) is 0 Å². The number of aliphatic hydroxyl groups is 1. The highest BCUT2D eigenvalue weighted by molar-refractivity contribution is 5.75. The highest BCUT2D eigenvalue weighted by atomic mass is 16.4. The quantitative estimate of drug-likeness (QED) is 0.707. The van der Waals surface area contributed by atoms with Gasteiger partial charge in [-0.05, 0) is 31.1 Å². The van der Waals surface area contributed by atoms with Gasteiger partial charge in [-0.3, -0.25) is 4.79 Å². The summed E-state index contributed by atoms with van der Waals surface area (Å²) in [6.45, 7) is 9.93. The second-order valence-corrected chi connectivity index (χ2v) is 5.33. The van der Waals surface area contributed by atoms with Crippen molar-refractivity contribution in [2.45, 2.75) is 53.9 Å². The number of aliphatic carboxylic acids is 1. The molecule has 0 fully saturated rings. The lowest BCUT2D eigenvalue weighted by Crippen LogP contribution is -2.46. The summed E-state index contributed by atoms with van der Waals surface area (Å²) in [6, 6.07) is 0. The standard InChI is InChI=1S/C13H26O3/c1-6-10(8-9-14)12(3,4)13(5,7-2)11(15)16/h10,14H,6-9H2,1-5H3,(H,15,16). The lowest BCUT2D eigenvalue weighted by Gasteiger charge is -2.46. The number of hydrogen-bond donors (Lipinski definition) is 2. The lowest BCUT2D eigenvalue weighted by molar-refractivity contribution is -0.159. The Morgan fingerprint density at radius 2 is 1.75 bits per heavy atom. The zero-order valence-electron chi connectivity index (χ0n) is 11.2. The van der Waals surface area contributed by atoms with Gasteiger partial charge in [0.25, 0.3) is 0 Å². The molecule has 0 amide bonds. The van der Waals surface area contributed by atoms with Crippen LogP contribution in [0.4, 0.5) is 0 Å². The minimum atomic E-state index is -0.739. The molecule has 0 aliphatic carbocycles. The summed E-state index contributed by atoms with van der Waals surface area (Å²) in [5.74, 6) is -0.505. The molecule has 0 aromatic heterocycles. The molecule has 16 heavy (non-hydrogen) atoms. The maximum atomic E-state index is 11.5. The van der Waals surface area contributed by atoms with Gasteiger partial charge < -0.3 is 10.2 Å². The van der Waals surface area contributed by atoms with Crippen LogP contribution in [0.25, 0.3) is 0 Å². The van der Waals surface area contributed by atoms with Gasteiger partial charge in [0.05, 0.1) is 5.41 Å². The fraction of sp³-hybridized carbons (Fsp3) is 0.923. The van der Waals surface area contributed by atoms with Crippen LogP contribution in [0.3, 0.4) is 0 Å². The summed E-state index contributed by atoms with van der Waals surface area (Å²) >= 11 is 0. The molecular formula is C13H26O3. The van der Waals surface area contributed by atoms with Gasteiger partial charge in [-0.2, -0.15) is 0 Å². The maximum Gasteiger partial charge on any atom is 0.309 e. The lowest BCUT2D eigenvalue weighted by atomic mass is 9.57. The summed E-state index contributed by atoms with van der Waals surface area (Å²) in [7, 11) is 0. The first kappa shape index (κ1) is 15.4. The van der Waals surface area contributed by atoms with Crippen molar-refractivity contribution >= 4 is 5.97 Å². The Balaban J connectivity index is 5.18. The van der Waals surface area contributed by atoms with Crippen molar-refractivity contribution in [3.05, 3.63) is 0 Å². The fourth-order valence-electron chi connectivity index (χ4n) is 2.56. The monoisotopic (exact) mass is 230 g/mol. The molecule has 0 saturated carbocycles. The Morgan fingerprint density at radius 1 is 1.25 bits per heavy atom. The van der Waals surface area contributed by atoms with E-state index in [4.69, 9.17) is 5.11 Å². The van der Waals surface area contributed by atoms with Crippen molar-refractivity contribution in [3.8, 4) is 0 Å². The molecular weight excluding hydrogens is 204 g/mol. The number of carboxylic acid groups (broad SMARTS) is 1. The Hall–Kier alpha value is -0.570. The highest BCUT2D eigenvalue weighted by Crippen LogP contribution is 2.49. The average molecular weight is 230 g/mol. The smallest absolute Gasteiger partial charge is 0.309 e. The second kappa shape index (κ2) is 5.67. The minimum Gasteiger partial charge on any atom is -0.481 e. The SMILES string of the molecule is CCC(CCO)C(C)(C)C(C)(CC)C(=O)O. The van der Waals surface area contributed by atoms with Crippen LogP contribution in [0.15, 0.2) is 0 Å². The molecule has 3 nitrogen and oxygen atoms in total. The van der Waals surface area contributed by atoms with E-state index in [9.17, 15) is 9.90 Å². The highest BCUT2D eigenvalue weighted by Gasteiger charge is 2.49. The molecule has 3 heteroatoms. The summed E-state index contributed by atoms with van der Waals surface area (Å²) < 4.78 is 0. The van der Waals surface area contributed by atoms with Crippen LogP contribution < -0.4 is 0 Å². The van der Waals surface area contributed by atoms with Crippen LogP contribution in [0, 0.1) is 16.7 Å². The number of carboxylic acids is 1. The van der Waals surface area contributed by atoms with Crippen LogP contribution in [-0.4, -0.2) is 22.8 Å². The second-order valence-electron chi connectivity index (χ2n) is 5.33. The molecule has 0 aliphatic rings. The third-order valence-electron chi connectivity index (χ3n) is 4.59. The Bertz CT molecular complexity index is 235. The van der Waals surface area contributed by atoms with Crippen LogP contribution in [0.1, 0.15) is 53.9 Å². The maximum absolute atomic E-state index is 11.5. The number of carbonyl (C=O) groups is 1. The molecule has 96 valence electrons. The van der Waals surface area contributed by atoms with Gasteiger partial charge in [0.15, 0.2) is 0 Å². The minimum absolute atomic E-state index is 0.126. The molecule has 2 unspecified atom stereocenters. The molecule has 0 saturated heterocycles. The van der Waals surface area contributed by atoms with Crippen LogP contribution in [0.5, 0.6) is 0 Å². The van der Waals surface area contributed by atoms with E-state index in [2.05, 4.69) is 6.92 Å². The van der Waals surface area contributed by atoms with Gasteiger partial charge in [0.2, 0.25) is 0 Å². The van der Waals surface area contributed by atoms with Crippen molar-refractivity contribution in [2.24, 2.45) is 16.7 Å². The first-order valence-electron chi connectivity index (χ1n) is 6.12. The van der Waals surface area contributed by atoms with Crippen molar-refractivity contribution in [1.82, 2.24) is 0 Å². The predicted molar refractivity (Wildman–Crippen MR) is 65.3 cm³/mol. The van der Waals surface area contributed by atoms with E-state index in [-0.39, 0.29) is 17.9 Å². The van der Waals surface area contributed by atoms with Gasteiger partial charge in [0.1, 0.15) is 0 Å². The summed E-state index contributed by atoms with van der Waals surface area (Å²) in [5, 5.41) is 18.5. The van der Waals surface area contributed by atoms with Crippen LogP contribution >= 0.6 is 0 Å². The molecule has 0 aromatic rings. The number of aliphatic hydroxyl groups excluding tert-OH is 1. The third-order valence-corrected chi connectivity index (χ3v) is 4.59. The molecule has 0 heterocycles. The van der Waals surface area contributed by atoms with Gasteiger partial charge >= 0.3 is 5.97 Å². The topological polar surface area (TPSA) is 57.5 Å². The predicted octanol–water partition coefficient (Wildman–Crippen LogP) is 2.92. The first-order chi connectivity index (χ1) is 7.27. The van der Waals surface area contributed by atoms with Gasteiger partial charge in [-0.25, -0.2) is 0 Å². The zero-order valence-corrected chi connectivity index (χ0v) is 11.2. The summed E-state index contributed by atoms with van der Waals surface area (Å²) in [6.07, 6.45) is 2.18. The van der Waals surface area contributed by atoms with Crippen molar-refractivity contribution in [2.75, 3.05) is 6.61 Å². The third kappa shape index (κ3) is 2.57. The van der Waals surface area contributed by atoms with Gasteiger partial charge in [0, 0.05) is 6.61 Å². The molecule has 0 radical (unpaired) electrons. The molecule has 0 rings (SSSR count). The van der Waals surface area contributed by atoms with Crippen molar-refractivity contribution in [3.63, 3.8) is 0 Å². The molecule has 2 atom stereocenters. The number of hydrogen-bond acceptors (Lipinski definition) is 2. The van der Waals surface area contributed by atoms with Crippen molar-refractivity contribution < 1.29 is 15.0 Å². The number of rotatable bonds is 7. The Morgan fingerprint density at radius 3 is 2.00 bits per heavy atom. The van der Waals surface area contributed by atoms with Crippen molar-refractivity contribution in [1.29, 1.82) is 0 Å². The van der Waals surface area contributed by atoms with Crippen LogP contribution in [-0.2, 0) is 4.79 Å². The largest absolute Gasteiger partial charge is 0.481 e. The Kier molecular flexibility index (Phi) is 5.47. The summed E-state index contributed by atoms with van der Waals surface area (Å²) in [4.78, 5) is 11.5. The average Bonchev–Trinajstić information content (AvgIpc) is 2.23. The molecule has 0 aromatic carbocycles. The Labute approximate surface area is 98.9 Å². The van der Waals surface area contributed by atoms with E-state index in [1.54, 1.807) is 0 Å². The molecule has 2 N–H and O–H groups in total. The zero-order chi connectivity index (χ0) is 13.0. The van der Waals surface area contributed by atoms with E-state index in [0.717, 1.165) is 6.42 Å². The summed E-state index contributed by atoms with van der Waals surface area (Å²) in [5.41, 5.74) is -1.05. The van der Waals surface area contributed by atoms with E-state index < -0.39 is 11.4 Å². The van der Waals surface area contributed by atoms with E-state index >= 15 is 0 Å². The van der Waals surface area contributed by atoms with Gasteiger partial charge in [-0.1, -0.05) is 34.1 Å². The molecule has 0 aliphatic heterocycles. The first-order valence-corrected chi connectivity index (χ1v) is 6.12. The molecule has 0 spiro atoms. The van der Waals surface area contributed by atoms with E-state index in [1.807, 2.05) is 27.7 Å². The fourth-order valence-corrected chi connectivity index (χ4v) is 2.56. The normalized spacial score (nSPS) is 17.9. The van der Waals surface area contributed by atoms with E-state index in [0.29, 0.717) is 12.8 Å². The van der Waals surface area contributed by atoms with E-state index in [1.165, 1.54) is 0 Å². The molecule has 0 bridgehead atoms.